The molecule has 124 valence electrons. The number of nitrogens with one attached hydrogen (secondary N) is 1. The summed E-state index contributed by atoms with van der Waals surface area (Å²) in [7, 11) is 0. The number of carbonyl (C=O) groups is 1. The summed E-state index contributed by atoms with van der Waals surface area (Å²) in [6, 6.07) is 8.88. The van der Waals surface area contributed by atoms with Gasteiger partial charge in [-0.1, -0.05) is 0 Å². The Morgan fingerprint density at radius 2 is 2.13 bits per heavy atom. The Labute approximate surface area is 140 Å². The third-order valence-corrected chi connectivity index (χ3v) is 3.42. The second-order valence-electron chi connectivity index (χ2n) is 5.09. The molecule has 1 atom stereocenters. The van der Waals surface area contributed by atoms with E-state index in [9.17, 15) is 4.79 Å². The summed E-state index contributed by atoms with van der Waals surface area (Å²) in [6.45, 7) is 1.64. The van der Waals surface area contributed by atoms with Crippen molar-refractivity contribution >= 4 is 24.0 Å². The van der Waals surface area contributed by atoms with Crippen molar-refractivity contribution in [3.8, 4) is 5.75 Å². The summed E-state index contributed by atoms with van der Waals surface area (Å²) in [5.41, 5.74) is 6.59. The number of benzene rings is 1. The molecule has 7 heteroatoms. The lowest BCUT2D eigenvalue weighted by Crippen LogP contribution is -2.15. The van der Waals surface area contributed by atoms with Crippen LogP contribution in [0.25, 0.3) is 0 Å². The first-order chi connectivity index (χ1) is 10.7. The number of hydrogen-bond acceptors (Lipinski definition) is 5. The number of amides is 1. The topological polar surface area (TPSA) is 86.7 Å². The molecule has 1 aromatic heterocycles. The molecule has 1 aliphatic heterocycles. The highest BCUT2D eigenvalue weighted by Crippen LogP contribution is 2.20. The predicted octanol–water partition coefficient (Wildman–Crippen LogP) is 2.58. The van der Waals surface area contributed by atoms with Gasteiger partial charge in [-0.05, 0) is 30.3 Å². The molecule has 0 spiro atoms. The third kappa shape index (κ3) is 4.48. The lowest BCUT2D eigenvalue weighted by molar-refractivity contribution is 0.102. The number of ether oxygens (including phenoxy) is 2. The van der Waals surface area contributed by atoms with Crippen LogP contribution in [0.2, 0.25) is 0 Å². The van der Waals surface area contributed by atoms with Crippen LogP contribution in [0.5, 0.6) is 5.75 Å². The minimum Gasteiger partial charge on any atom is -0.488 e. The molecule has 23 heavy (non-hydrogen) atoms. The number of hydrogen-bond donors (Lipinski definition) is 2. The zero-order valence-electron chi connectivity index (χ0n) is 12.5. The van der Waals surface area contributed by atoms with Crippen molar-refractivity contribution in [3.05, 3.63) is 47.9 Å². The van der Waals surface area contributed by atoms with Crippen LogP contribution in [0.3, 0.4) is 0 Å². The van der Waals surface area contributed by atoms with Crippen molar-refractivity contribution < 1.29 is 18.7 Å². The minimum atomic E-state index is -0.235. The monoisotopic (exact) mass is 338 g/mol. The van der Waals surface area contributed by atoms with Gasteiger partial charge in [-0.25, -0.2) is 0 Å². The van der Waals surface area contributed by atoms with Crippen molar-refractivity contribution in [2.75, 3.05) is 18.5 Å². The lowest BCUT2D eigenvalue weighted by atomic mass is 10.2. The summed E-state index contributed by atoms with van der Waals surface area (Å²) in [5, 5.41) is 2.80. The zero-order chi connectivity index (χ0) is 15.4. The minimum absolute atomic E-state index is 0. The maximum atomic E-state index is 12.0. The number of furan rings is 1. The SMILES string of the molecule is Cl.NCc1cc(C(=O)Nc2ccc(OC3CCOC3)cc2)co1. The fourth-order valence-corrected chi connectivity index (χ4v) is 2.23. The van der Waals surface area contributed by atoms with Crippen LogP contribution in [0, 0.1) is 0 Å². The van der Waals surface area contributed by atoms with E-state index in [-0.39, 0.29) is 31.0 Å². The highest BCUT2D eigenvalue weighted by molar-refractivity contribution is 6.04. The van der Waals surface area contributed by atoms with Crippen LogP contribution in [0.1, 0.15) is 22.5 Å². The first-order valence-electron chi connectivity index (χ1n) is 7.18. The average molecular weight is 339 g/mol. The number of nitrogens with two attached hydrogens (primary N) is 1. The van der Waals surface area contributed by atoms with E-state index in [1.54, 1.807) is 18.2 Å². The Morgan fingerprint density at radius 3 is 2.74 bits per heavy atom. The van der Waals surface area contributed by atoms with Crippen molar-refractivity contribution in [2.45, 2.75) is 19.1 Å². The van der Waals surface area contributed by atoms with Gasteiger partial charge in [-0.3, -0.25) is 4.79 Å². The molecule has 2 aromatic rings. The summed E-state index contributed by atoms with van der Waals surface area (Å²) in [4.78, 5) is 12.0. The molecule has 1 aromatic carbocycles. The van der Waals surface area contributed by atoms with E-state index < -0.39 is 0 Å². The molecule has 3 rings (SSSR count). The Bertz CT molecular complexity index is 636. The number of carbonyl (C=O) groups excluding carboxylic acids is 1. The largest absolute Gasteiger partial charge is 0.488 e. The molecule has 1 unspecified atom stereocenters. The molecule has 1 aliphatic rings. The van der Waals surface area contributed by atoms with Gasteiger partial charge in [0.2, 0.25) is 0 Å². The fourth-order valence-electron chi connectivity index (χ4n) is 2.23. The van der Waals surface area contributed by atoms with E-state index in [0.717, 1.165) is 18.8 Å². The average Bonchev–Trinajstić information content (AvgIpc) is 3.20. The van der Waals surface area contributed by atoms with Gasteiger partial charge in [0.15, 0.2) is 0 Å². The maximum Gasteiger partial charge on any atom is 0.258 e. The molecule has 0 bridgehead atoms. The van der Waals surface area contributed by atoms with Crippen LogP contribution < -0.4 is 15.8 Å². The fraction of sp³-hybridized carbons (Fsp3) is 0.312. The van der Waals surface area contributed by atoms with E-state index >= 15 is 0 Å². The quantitative estimate of drug-likeness (QED) is 0.875. The van der Waals surface area contributed by atoms with Crippen LogP contribution in [-0.4, -0.2) is 25.2 Å². The van der Waals surface area contributed by atoms with Crippen molar-refractivity contribution in [1.82, 2.24) is 0 Å². The first kappa shape index (κ1) is 17.3. The maximum absolute atomic E-state index is 12.0. The van der Waals surface area contributed by atoms with Gasteiger partial charge in [0, 0.05) is 12.1 Å². The van der Waals surface area contributed by atoms with Crippen LogP contribution in [0.15, 0.2) is 41.0 Å². The van der Waals surface area contributed by atoms with Crippen molar-refractivity contribution in [1.29, 1.82) is 0 Å². The van der Waals surface area contributed by atoms with Gasteiger partial charge >= 0.3 is 0 Å². The molecular formula is C16H19ClN2O4. The zero-order valence-corrected chi connectivity index (χ0v) is 13.3. The highest BCUT2D eigenvalue weighted by atomic mass is 35.5. The summed E-state index contributed by atoms with van der Waals surface area (Å²) < 4.78 is 16.2. The van der Waals surface area contributed by atoms with Crippen molar-refractivity contribution in [3.63, 3.8) is 0 Å². The molecule has 2 heterocycles. The molecule has 6 nitrogen and oxygen atoms in total. The molecule has 0 saturated carbocycles. The molecule has 0 aliphatic carbocycles. The number of rotatable bonds is 5. The lowest BCUT2D eigenvalue weighted by Gasteiger charge is -2.12. The number of anilines is 1. The van der Waals surface area contributed by atoms with E-state index in [2.05, 4.69) is 5.32 Å². The molecule has 3 N–H and O–H groups in total. The normalized spacial score (nSPS) is 16.7. The second-order valence-corrected chi connectivity index (χ2v) is 5.09. The Morgan fingerprint density at radius 1 is 1.35 bits per heavy atom. The molecular weight excluding hydrogens is 320 g/mol. The van der Waals surface area contributed by atoms with E-state index in [1.807, 2.05) is 12.1 Å². The molecule has 1 fully saturated rings. The Hall–Kier alpha value is -2.02. The smallest absolute Gasteiger partial charge is 0.258 e. The summed E-state index contributed by atoms with van der Waals surface area (Å²) >= 11 is 0. The highest BCUT2D eigenvalue weighted by Gasteiger charge is 2.17. The van der Waals surface area contributed by atoms with E-state index in [4.69, 9.17) is 19.6 Å². The van der Waals surface area contributed by atoms with Crippen LogP contribution in [-0.2, 0) is 11.3 Å². The second kappa shape index (κ2) is 8.01. The Kier molecular flexibility index (Phi) is 6.04. The van der Waals surface area contributed by atoms with Crippen LogP contribution in [0.4, 0.5) is 5.69 Å². The van der Waals surface area contributed by atoms with Gasteiger partial charge in [-0.15, -0.1) is 12.4 Å². The predicted molar refractivity (Wildman–Crippen MR) is 88.1 cm³/mol. The summed E-state index contributed by atoms with van der Waals surface area (Å²) in [6.07, 6.45) is 2.42. The molecule has 0 radical (unpaired) electrons. The van der Waals surface area contributed by atoms with Gasteiger partial charge in [0.05, 0.1) is 25.3 Å². The van der Waals surface area contributed by atoms with E-state index in [1.165, 1.54) is 6.26 Å². The molecule has 1 saturated heterocycles. The van der Waals surface area contributed by atoms with Gasteiger partial charge in [0.1, 0.15) is 23.9 Å². The van der Waals surface area contributed by atoms with E-state index in [0.29, 0.717) is 23.6 Å². The third-order valence-electron chi connectivity index (χ3n) is 3.42. The molecule has 1 amide bonds. The first-order valence-corrected chi connectivity index (χ1v) is 7.18. The van der Waals surface area contributed by atoms with Crippen LogP contribution >= 0.6 is 12.4 Å². The Balaban J connectivity index is 0.00000192. The van der Waals surface area contributed by atoms with Gasteiger partial charge in [0.25, 0.3) is 5.91 Å². The number of halogens is 1. The summed E-state index contributed by atoms with van der Waals surface area (Å²) in [5.74, 6) is 1.11. The van der Waals surface area contributed by atoms with Gasteiger partial charge < -0.3 is 24.9 Å². The van der Waals surface area contributed by atoms with Crippen molar-refractivity contribution in [2.24, 2.45) is 5.73 Å². The van der Waals surface area contributed by atoms with Gasteiger partial charge in [-0.2, -0.15) is 0 Å². The standard InChI is InChI=1S/C16H18N2O4.ClH/c17-8-15-7-11(9-21-15)16(19)18-12-1-3-13(4-2-12)22-14-5-6-20-10-14;/h1-4,7,9,14H,5-6,8,10,17H2,(H,18,19);1H.